The third-order valence-corrected chi connectivity index (χ3v) is 4.18. The molecule has 1 N–H and O–H groups in total. The normalized spacial score (nSPS) is 19.3. The van der Waals surface area contributed by atoms with Crippen LogP contribution in [0.5, 0.6) is 0 Å². The number of rotatable bonds is 4. The molecular weight excluding hydrogens is 238 g/mol. The zero-order valence-corrected chi connectivity index (χ0v) is 11.3. The first-order valence-electron chi connectivity index (χ1n) is 7.30. The first-order valence-corrected chi connectivity index (χ1v) is 7.30. The maximum absolute atomic E-state index is 11.8. The van der Waals surface area contributed by atoms with Gasteiger partial charge in [-0.2, -0.15) is 0 Å². The molecule has 1 aliphatic heterocycles. The summed E-state index contributed by atoms with van der Waals surface area (Å²) in [6, 6.07) is 4.09. The molecule has 2 aliphatic rings. The highest BCUT2D eigenvalue weighted by molar-refractivity contribution is 5.79. The van der Waals surface area contributed by atoms with Crippen molar-refractivity contribution in [2.75, 3.05) is 18.0 Å². The minimum Gasteiger partial charge on any atom is -0.357 e. The summed E-state index contributed by atoms with van der Waals surface area (Å²) < 4.78 is 0. The summed E-state index contributed by atoms with van der Waals surface area (Å²) in [5.41, 5.74) is 1.14. The van der Waals surface area contributed by atoms with Crippen molar-refractivity contribution in [2.45, 2.75) is 38.6 Å². The molecule has 4 nitrogen and oxygen atoms in total. The molecule has 2 heterocycles. The summed E-state index contributed by atoms with van der Waals surface area (Å²) in [5, 5.41) is 3.03. The van der Waals surface area contributed by atoms with E-state index in [-0.39, 0.29) is 11.8 Å². The van der Waals surface area contributed by atoms with E-state index < -0.39 is 0 Å². The summed E-state index contributed by atoms with van der Waals surface area (Å²) in [6.07, 6.45) is 7.67. The van der Waals surface area contributed by atoms with Crippen LogP contribution in [0.15, 0.2) is 18.3 Å². The van der Waals surface area contributed by atoms with Gasteiger partial charge in [0.05, 0.1) is 0 Å². The van der Waals surface area contributed by atoms with Crippen LogP contribution in [-0.2, 0) is 11.3 Å². The summed E-state index contributed by atoms with van der Waals surface area (Å²) in [6.45, 7) is 2.83. The highest BCUT2D eigenvalue weighted by Crippen LogP contribution is 2.26. The second-order valence-electron chi connectivity index (χ2n) is 5.56. The Hall–Kier alpha value is -1.58. The smallest absolute Gasteiger partial charge is 0.223 e. The van der Waals surface area contributed by atoms with Gasteiger partial charge in [-0.15, -0.1) is 0 Å². The SMILES string of the molecule is O=C(NCc1ccnc(N2CCCC2)c1)C1CCC1. The van der Waals surface area contributed by atoms with Crippen molar-refractivity contribution in [1.29, 1.82) is 0 Å². The predicted octanol–water partition coefficient (Wildman–Crippen LogP) is 2.10. The van der Waals surface area contributed by atoms with E-state index in [1.165, 1.54) is 19.3 Å². The second kappa shape index (κ2) is 5.59. The summed E-state index contributed by atoms with van der Waals surface area (Å²) in [4.78, 5) is 18.5. The van der Waals surface area contributed by atoms with Crippen LogP contribution in [0.2, 0.25) is 0 Å². The molecule has 0 aromatic carbocycles. The van der Waals surface area contributed by atoms with Gasteiger partial charge >= 0.3 is 0 Å². The molecule has 102 valence electrons. The maximum atomic E-state index is 11.8. The van der Waals surface area contributed by atoms with Crippen molar-refractivity contribution < 1.29 is 4.79 Å². The van der Waals surface area contributed by atoms with Gasteiger partial charge in [0.1, 0.15) is 5.82 Å². The Kier molecular flexibility index (Phi) is 3.67. The highest BCUT2D eigenvalue weighted by Gasteiger charge is 2.24. The number of hydrogen-bond acceptors (Lipinski definition) is 3. The van der Waals surface area contributed by atoms with Gasteiger partial charge < -0.3 is 10.2 Å². The molecule has 1 saturated carbocycles. The molecule has 1 aromatic rings. The fourth-order valence-corrected chi connectivity index (χ4v) is 2.69. The molecule has 0 radical (unpaired) electrons. The summed E-state index contributed by atoms with van der Waals surface area (Å²) >= 11 is 0. The molecule has 0 spiro atoms. The standard InChI is InChI=1S/C15H21N3O/c19-15(13-4-3-5-13)17-11-12-6-7-16-14(10-12)18-8-1-2-9-18/h6-7,10,13H,1-5,8-9,11H2,(H,17,19). The van der Waals surface area contributed by atoms with Gasteiger partial charge in [0.25, 0.3) is 0 Å². The monoisotopic (exact) mass is 259 g/mol. The van der Waals surface area contributed by atoms with Gasteiger partial charge in [-0.1, -0.05) is 6.42 Å². The van der Waals surface area contributed by atoms with E-state index in [0.29, 0.717) is 6.54 Å². The van der Waals surface area contributed by atoms with Crippen LogP contribution in [-0.4, -0.2) is 24.0 Å². The van der Waals surface area contributed by atoms with Gasteiger partial charge in [-0.3, -0.25) is 4.79 Å². The van der Waals surface area contributed by atoms with Crippen LogP contribution >= 0.6 is 0 Å². The number of carbonyl (C=O) groups excluding carboxylic acids is 1. The van der Waals surface area contributed by atoms with Gasteiger partial charge in [-0.05, 0) is 43.4 Å². The number of hydrogen-bond donors (Lipinski definition) is 1. The Bertz CT molecular complexity index is 450. The minimum atomic E-state index is 0.214. The van der Waals surface area contributed by atoms with E-state index in [0.717, 1.165) is 37.3 Å². The van der Waals surface area contributed by atoms with Crippen LogP contribution in [0.25, 0.3) is 0 Å². The topological polar surface area (TPSA) is 45.2 Å². The van der Waals surface area contributed by atoms with Gasteiger partial charge in [0.15, 0.2) is 0 Å². The highest BCUT2D eigenvalue weighted by atomic mass is 16.1. The zero-order chi connectivity index (χ0) is 13.1. The van der Waals surface area contributed by atoms with Crippen LogP contribution < -0.4 is 10.2 Å². The Balaban J connectivity index is 1.57. The lowest BCUT2D eigenvalue weighted by Gasteiger charge is -2.24. The van der Waals surface area contributed by atoms with Crippen LogP contribution in [0, 0.1) is 5.92 Å². The van der Waals surface area contributed by atoms with Crippen molar-refractivity contribution in [3.8, 4) is 0 Å². The van der Waals surface area contributed by atoms with E-state index in [1.54, 1.807) is 0 Å². The Labute approximate surface area is 114 Å². The first kappa shape index (κ1) is 12.5. The maximum Gasteiger partial charge on any atom is 0.223 e. The fourth-order valence-electron chi connectivity index (χ4n) is 2.69. The van der Waals surface area contributed by atoms with E-state index in [2.05, 4.69) is 21.3 Å². The molecule has 1 saturated heterocycles. The molecule has 0 bridgehead atoms. The number of carbonyl (C=O) groups is 1. The van der Waals surface area contributed by atoms with Crippen LogP contribution in [0.4, 0.5) is 5.82 Å². The lowest BCUT2D eigenvalue weighted by atomic mass is 9.85. The quantitative estimate of drug-likeness (QED) is 0.900. The number of nitrogens with one attached hydrogen (secondary N) is 1. The zero-order valence-electron chi connectivity index (χ0n) is 11.3. The van der Waals surface area contributed by atoms with E-state index in [9.17, 15) is 4.79 Å². The Morgan fingerprint density at radius 3 is 2.79 bits per heavy atom. The van der Waals surface area contributed by atoms with E-state index in [4.69, 9.17) is 0 Å². The number of aromatic nitrogens is 1. The second-order valence-corrected chi connectivity index (χ2v) is 5.56. The molecule has 2 fully saturated rings. The average Bonchev–Trinajstić information content (AvgIpc) is 2.88. The Morgan fingerprint density at radius 1 is 1.32 bits per heavy atom. The van der Waals surface area contributed by atoms with E-state index in [1.807, 2.05) is 12.3 Å². The number of anilines is 1. The molecule has 4 heteroatoms. The molecule has 0 atom stereocenters. The fraction of sp³-hybridized carbons (Fsp3) is 0.600. The van der Waals surface area contributed by atoms with Crippen molar-refractivity contribution in [3.63, 3.8) is 0 Å². The molecule has 19 heavy (non-hydrogen) atoms. The van der Waals surface area contributed by atoms with Crippen molar-refractivity contribution >= 4 is 11.7 Å². The lowest BCUT2D eigenvalue weighted by Crippen LogP contribution is -2.34. The van der Waals surface area contributed by atoms with E-state index >= 15 is 0 Å². The largest absolute Gasteiger partial charge is 0.357 e. The Morgan fingerprint density at radius 2 is 2.11 bits per heavy atom. The third kappa shape index (κ3) is 2.88. The number of amides is 1. The van der Waals surface area contributed by atoms with Crippen molar-refractivity contribution in [1.82, 2.24) is 10.3 Å². The number of nitrogens with zero attached hydrogens (tertiary/aromatic N) is 2. The van der Waals surface area contributed by atoms with Gasteiger partial charge in [0, 0.05) is 31.7 Å². The first-order chi connectivity index (χ1) is 9.33. The van der Waals surface area contributed by atoms with Gasteiger partial charge in [-0.25, -0.2) is 4.98 Å². The molecular formula is C15H21N3O. The van der Waals surface area contributed by atoms with Crippen LogP contribution in [0.3, 0.4) is 0 Å². The average molecular weight is 259 g/mol. The van der Waals surface area contributed by atoms with Crippen molar-refractivity contribution in [2.24, 2.45) is 5.92 Å². The number of pyridine rings is 1. The molecule has 3 rings (SSSR count). The predicted molar refractivity (Wildman–Crippen MR) is 74.9 cm³/mol. The molecule has 0 unspecified atom stereocenters. The van der Waals surface area contributed by atoms with Crippen LogP contribution in [0.1, 0.15) is 37.7 Å². The van der Waals surface area contributed by atoms with Gasteiger partial charge in [0.2, 0.25) is 5.91 Å². The minimum absolute atomic E-state index is 0.214. The summed E-state index contributed by atoms with van der Waals surface area (Å²) in [7, 11) is 0. The molecule has 1 aromatic heterocycles. The molecule has 1 amide bonds. The third-order valence-electron chi connectivity index (χ3n) is 4.18. The molecule has 1 aliphatic carbocycles. The lowest BCUT2D eigenvalue weighted by molar-refractivity contribution is -0.127. The summed E-state index contributed by atoms with van der Waals surface area (Å²) in [5.74, 6) is 1.53. The van der Waals surface area contributed by atoms with Crippen molar-refractivity contribution in [3.05, 3.63) is 23.9 Å².